The van der Waals surface area contributed by atoms with E-state index in [1.807, 2.05) is 32.0 Å². The summed E-state index contributed by atoms with van der Waals surface area (Å²) in [5.74, 6) is 0.375. The molecule has 5 heteroatoms. The molecular formula is C22H24FN3O. The number of aromatic amines is 1. The van der Waals surface area contributed by atoms with Crippen LogP contribution in [-0.2, 0) is 0 Å². The van der Waals surface area contributed by atoms with Crippen LogP contribution in [-0.4, -0.2) is 22.4 Å². The fourth-order valence-electron chi connectivity index (χ4n) is 2.95. The van der Waals surface area contributed by atoms with Crippen molar-refractivity contribution in [3.8, 4) is 11.4 Å². The molecule has 2 aromatic carbocycles. The SMILES string of the molecule is CC(C)c1[nH]c(-c2ccc(F)cc2)nc1C(=O)NC[C@H](C)c1ccccc1. The highest BCUT2D eigenvalue weighted by atomic mass is 19.1. The van der Waals surface area contributed by atoms with Gasteiger partial charge in [-0.1, -0.05) is 51.1 Å². The quantitative estimate of drug-likeness (QED) is 0.654. The number of hydrogen-bond acceptors (Lipinski definition) is 2. The van der Waals surface area contributed by atoms with Crippen LogP contribution in [0.2, 0.25) is 0 Å². The maximum atomic E-state index is 13.2. The second-order valence-electron chi connectivity index (χ2n) is 7.03. The van der Waals surface area contributed by atoms with Crippen LogP contribution in [0.3, 0.4) is 0 Å². The second-order valence-corrected chi connectivity index (χ2v) is 7.03. The van der Waals surface area contributed by atoms with Crippen LogP contribution < -0.4 is 5.32 Å². The number of halogens is 1. The molecule has 0 aliphatic carbocycles. The summed E-state index contributed by atoms with van der Waals surface area (Å²) in [7, 11) is 0. The standard InChI is InChI=1S/C22H24FN3O/c1-14(2)19-20(26-21(25-19)17-9-11-18(23)12-10-17)22(27)24-13-15(3)16-7-5-4-6-8-16/h4-12,14-15H,13H2,1-3H3,(H,24,27)(H,25,26)/t15-/m0/s1. The van der Waals surface area contributed by atoms with Crippen molar-refractivity contribution >= 4 is 5.91 Å². The Morgan fingerprint density at radius 3 is 2.37 bits per heavy atom. The smallest absolute Gasteiger partial charge is 0.271 e. The van der Waals surface area contributed by atoms with Gasteiger partial charge in [-0.2, -0.15) is 0 Å². The van der Waals surface area contributed by atoms with Crippen molar-refractivity contribution in [1.82, 2.24) is 15.3 Å². The van der Waals surface area contributed by atoms with Gasteiger partial charge in [0.15, 0.2) is 0 Å². The molecule has 1 amide bonds. The molecule has 0 aliphatic heterocycles. The lowest BCUT2D eigenvalue weighted by molar-refractivity contribution is 0.0946. The van der Waals surface area contributed by atoms with Gasteiger partial charge in [0.2, 0.25) is 0 Å². The second kappa shape index (κ2) is 8.16. The minimum atomic E-state index is -0.303. The van der Waals surface area contributed by atoms with Gasteiger partial charge in [0, 0.05) is 12.1 Å². The van der Waals surface area contributed by atoms with Crippen LogP contribution in [0.4, 0.5) is 4.39 Å². The molecule has 27 heavy (non-hydrogen) atoms. The summed E-state index contributed by atoms with van der Waals surface area (Å²) in [6.45, 7) is 6.61. The zero-order chi connectivity index (χ0) is 19.4. The first-order chi connectivity index (χ1) is 13.0. The third-order valence-corrected chi connectivity index (χ3v) is 4.58. The molecule has 0 saturated heterocycles. The monoisotopic (exact) mass is 365 g/mol. The number of hydrogen-bond donors (Lipinski definition) is 2. The zero-order valence-corrected chi connectivity index (χ0v) is 15.8. The first-order valence-corrected chi connectivity index (χ1v) is 9.14. The van der Waals surface area contributed by atoms with Crippen LogP contribution in [0, 0.1) is 5.82 Å². The van der Waals surface area contributed by atoms with Crippen LogP contribution in [0.15, 0.2) is 54.6 Å². The lowest BCUT2D eigenvalue weighted by Gasteiger charge is -2.13. The molecular weight excluding hydrogens is 341 g/mol. The van der Waals surface area contributed by atoms with E-state index in [1.54, 1.807) is 12.1 Å². The van der Waals surface area contributed by atoms with Crippen molar-refractivity contribution in [3.05, 3.63) is 77.4 Å². The van der Waals surface area contributed by atoms with Crippen LogP contribution >= 0.6 is 0 Å². The number of benzene rings is 2. The van der Waals surface area contributed by atoms with E-state index in [9.17, 15) is 9.18 Å². The van der Waals surface area contributed by atoms with Crippen molar-refractivity contribution in [2.45, 2.75) is 32.6 Å². The fraction of sp³-hybridized carbons (Fsp3) is 0.273. The highest BCUT2D eigenvalue weighted by molar-refractivity contribution is 5.94. The average Bonchev–Trinajstić information content (AvgIpc) is 3.13. The van der Waals surface area contributed by atoms with E-state index >= 15 is 0 Å². The van der Waals surface area contributed by atoms with E-state index in [0.29, 0.717) is 18.1 Å². The molecule has 140 valence electrons. The maximum absolute atomic E-state index is 13.2. The van der Waals surface area contributed by atoms with Crippen LogP contribution in [0.1, 0.15) is 54.4 Å². The Morgan fingerprint density at radius 1 is 1.07 bits per heavy atom. The fourth-order valence-corrected chi connectivity index (χ4v) is 2.95. The van der Waals surface area contributed by atoms with Crippen molar-refractivity contribution in [2.24, 2.45) is 0 Å². The predicted octanol–water partition coefficient (Wildman–Crippen LogP) is 4.87. The molecule has 1 atom stereocenters. The van der Waals surface area contributed by atoms with Gasteiger partial charge in [-0.3, -0.25) is 4.79 Å². The van der Waals surface area contributed by atoms with Gasteiger partial charge in [0.1, 0.15) is 17.3 Å². The molecule has 2 N–H and O–H groups in total. The van der Waals surface area contributed by atoms with Gasteiger partial charge in [-0.25, -0.2) is 9.37 Å². The summed E-state index contributed by atoms with van der Waals surface area (Å²) in [6, 6.07) is 16.1. The number of amides is 1. The third kappa shape index (κ3) is 4.42. The van der Waals surface area contributed by atoms with Crippen molar-refractivity contribution in [3.63, 3.8) is 0 Å². The van der Waals surface area contributed by atoms with Gasteiger partial charge in [0.05, 0.1) is 5.69 Å². The largest absolute Gasteiger partial charge is 0.350 e. The van der Waals surface area contributed by atoms with Gasteiger partial charge in [-0.05, 0) is 41.7 Å². The molecule has 3 rings (SSSR count). The van der Waals surface area contributed by atoms with Crippen LogP contribution in [0.25, 0.3) is 11.4 Å². The number of nitrogens with one attached hydrogen (secondary N) is 2. The number of rotatable bonds is 6. The highest BCUT2D eigenvalue weighted by Gasteiger charge is 2.21. The van der Waals surface area contributed by atoms with E-state index in [0.717, 1.165) is 11.3 Å². The molecule has 3 aromatic rings. The minimum Gasteiger partial charge on any atom is -0.350 e. The predicted molar refractivity (Wildman–Crippen MR) is 105 cm³/mol. The summed E-state index contributed by atoms with van der Waals surface area (Å²) in [6.07, 6.45) is 0. The Hall–Kier alpha value is -2.95. The first-order valence-electron chi connectivity index (χ1n) is 9.14. The third-order valence-electron chi connectivity index (χ3n) is 4.58. The summed E-state index contributed by atoms with van der Waals surface area (Å²) >= 11 is 0. The number of aromatic nitrogens is 2. The van der Waals surface area contributed by atoms with Crippen LogP contribution in [0.5, 0.6) is 0 Å². The zero-order valence-electron chi connectivity index (χ0n) is 15.8. The number of H-pyrrole nitrogens is 1. The molecule has 4 nitrogen and oxygen atoms in total. The van der Waals surface area contributed by atoms with E-state index in [1.165, 1.54) is 17.7 Å². The maximum Gasteiger partial charge on any atom is 0.271 e. The minimum absolute atomic E-state index is 0.110. The Labute approximate surface area is 158 Å². The summed E-state index contributed by atoms with van der Waals surface area (Å²) < 4.78 is 13.2. The van der Waals surface area contributed by atoms with Gasteiger partial charge in [0.25, 0.3) is 5.91 Å². The summed E-state index contributed by atoms with van der Waals surface area (Å²) in [4.78, 5) is 20.5. The Balaban J connectivity index is 1.78. The Bertz CT molecular complexity index is 901. The number of nitrogens with zero attached hydrogens (tertiary/aromatic N) is 1. The van der Waals surface area contributed by atoms with Crippen molar-refractivity contribution < 1.29 is 9.18 Å². The number of carbonyl (C=O) groups excluding carboxylic acids is 1. The average molecular weight is 365 g/mol. The first kappa shape index (κ1) is 18.8. The normalized spacial score (nSPS) is 12.2. The lowest BCUT2D eigenvalue weighted by atomic mass is 10.0. The molecule has 0 bridgehead atoms. The number of imidazole rings is 1. The molecule has 0 spiro atoms. The van der Waals surface area contributed by atoms with E-state index in [2.05, 4.69) is 34.3 Å². The van der Waals surface area contributed by atoms with Gasteiger partial charge >= 0.3 is 0 Å². The van der Waals surface area contributed by atoms with E-state index < -0.39 is 0 Å². The van der Waals surface area contributed by atoms with Gasteiger partial charge in [-0.15, -0.1) is 0 Å². The molecule has 0 unspecified atom stereocenters. The number of carbonyl (C=O) groups is 1. The molecule has 1 heterocycles. The van der Waals surface area contributed by atoms with Crippen molar-refractivity contribution in [2.75, 3.05) is 6.54 Å². The van der Waals surface area contributed by atoms with Crippen molar-refractivity contribution in [1.29, 1.82) is 0 Å². The summed E-state index contributed by atoms with van der Waals surface area (Å²) in [5.41, 5.74) is 3.09. The molecule has 0 saturated carbocycles. The topological polar surface area (TPSA) is 57.8 Å². The van der Waals surface area contributed by atoms with Gasteiger partial charge < -0.3 is 10.3 Å². The molecule has 1 aromatic heterocycles. The molecule has 0 radical (unpaired) electrons. The highest BCUT2D eigenvalue weighted by Crippen LogP contribution is 2.24. The molecule has 0 aliphatic rings. The summed E-state index contributed by atoms with van der Waals surface area (Å²) in [5, 5.41) is 2.98. The Kier molecular flexibility index (Phi) is 5.69. The lowest BCUT2D eigenvalue weighted by Crippen LogP contribution is -2.28. The molecule has 0 fully saturated rings. The van der Waals surface area contributed by atoms with E-state index in [-0.39, 0.29) is 23.6 Å². The Morgan fingerprint density at radius 2 is 1.74 bits per heavy atom. The van der Waals surface area contributed by atoms with E-state index in [4.69, 9.17) is 0 Å².